The molecule has 2 aromatic carbocycles. The molecule has 1 heterocycles. The highest BCUT2D eigenvalue weighted by Gasteiger charge is 2.13. The van der Waals surface area contributed by atoms with E-state index < -0.39 is 0 Å². The normalized spacial score (nSPS) is 14.5. The fraction of sp³-hybridized carbons (Fsp3) is 0.235. The Bertz CT molecular complexity index is 610. The topological polar surface area (TPSA) is 36.5 Å². The standard InChI is InChI=1S/C17H19N3OS/c22-17(20-10-12-21-13-11-20)19-16-8-6-15(7-9-16)18-14-4-2-1-3-5-14/h1-9,18H,10-13H2,(H,19,22). The minimum atomic E-state index is 0.738. The van der Waals surface area contributed by atoms with Crippen molar-refractivity contribution in [2.75, 3.05) is 36.9 Å². The van der Waals surface area contributed by atoms with E-state index in [4.69, 9.17) is 17.0 Å². The summed E-state index contributed by atoms with van der Waals surface area (Å²) >= 11 is 5.44. The van der Waals surface area contributed by atoms with Crippen molar-refractivity contribution in [2.24, 2.45) is 0 Å². The average Bonchev–Trinajstić information content (AvgIpc) is 2.58. The van der Waals surface area contributed by atoms with Crippen molar-refractivity contribution in [1.82, 2.24) is 4.90 Å². The van der Waals surface area contributed by atoms with Gasteiger partial charge in [0.15, 0.2) is 5.11 Å². The second-order valence-corrected chi connectivity index (χ2v) is 5.48. The zero-order valence-electron chi connectivity index (χ0n) is 12.3. The van der Waals surface area contributed by atoms with E-state index in [1.807, 2.05) is 54.6 Å². The Balaban J connectivity index is 1.58. The van der Waals surface area contributed by atoms with Crippen LogP contribution in [0.3, 0.4) is 0 Å². The summed E-state index contributed by atoms with van der Waals surface area (Å²) in [7, 11) is 0. The highest BCUT2D eigenvalue weighted by atomic mass is 32.1. The molecule has 2 N–H and O–H groups in total. The molecule has 0 atom stereocenters. The molecule has 4 nitrogen and oxygen atoms in total. The molecule has 5 heteroatoms. The van der Waals surface area contributed by atoms with Crippen molar-refractivity contribution in [2.45, 2.75) is 0 Å². The Morgan fingerprint density at radius 3 is 2.14 bits per heavy atom. The number of thiocarbonyl (C=S) groups is 1. The number of benzene rings is 2. The molecule has 1 fully saturated rings. The third-order valence-electron chi connectivity index (χ3n) is 3.50. The summed E-state index contributed by atoms with van der Waals surface area (Å²) in [4.78, 5) is 2.13. The van der Waals surface area contributed by atoms with Gasteiger partial charge in [0.2, 0.25) is 0 Å². The van der Waals surface area contributed by atoms with E-state index in [1.54, 1.807) is 0 Å². The molecular weight excluding hydrogens is 294 g/mol. The average molecular weight is 313 g/mol. The van der Waals surface area contributed by atoms with Crippen LogP contribution in [0.15, 0.2) is 54.6 Å². The van der Waals surface area contributed by atoms with Gasteiger partial charge in [-0.3, -0.25) is 0 Å². The molecule has 0 aliphatic carbocycles. The van der Waals surface area contributed by atoms with Gasteiger partial charge >= 0.3 is 0 Å². The molecule has 114 valence electrons. The monoisotopic (exact) mass is 313 g/mol. The van der Waals surface area contributed by atoms with Crippen LogP contribution in [0.2, 0.25) is 0 Å². The second kappa shape index (κ2) is 7.24. The Kier molecular flexibility index (Phi) is 4.88. The predicted octanol–water partition coefficient (Wildman–Crippen LogP) is 3.46. The lowest BCUT2D eigenvalue weighted by Crippen LogP contribution is -2.42. The van der Waals surface area contributed by atoms with Crippen LogP contribution in [0.1, 0.15) is 0 Å². The molecule has 0 spiro atoms. The number of rotatable bonds is 3. The van der Waals surface area contributed by atoms with Crippen molar-refractivity contribution in [3.63, 3.8) is 0 Å². The van der Waals surface area contributed by atoms with Gasteiger partial charge in [-0.25, -0.2) is 0 Å². The fourth-order valence-corrected chi connectivity index (χ4v) is 2.59. The number of hydrogen-bond acceptors (Lipinski definition) is 3. The van der Waals surface area contributed by atoms with E-state index in [-0.39, 0.29) is 0 Å². The molecule has 0 unspecified atom stereocenters. The van der Waals surface area contributed by atoms with Crippen molar-refractivity contribution < 1.29 is 4.74 Å². The lowest BCUT2D eigenvalue weighted by atomic mass is 10.2. The van der Waals surface area contributed by atoms with Crippen LogP contribution in [0, 0.1) is 0 Å². The second-order valence-electron chi connectivity index (χ2n) is 5.10. The Morgan fingerprint density at radius 1 is 0.864 bits per heavy atom. The first-order valence-electron chi connectivity index (χ1n) is 7.37. The summed E-state index contributed by atoms with van der Waals surface area (Å²) in [6.07, 6.45) is 0. The number of nitrogens with one attached hydrogen (secondary N) is 2. The van der Waals surface area contributed by atoms with Crippen molar-refractivity contribution >= 4 is 34.4 Å². The van der Waals surface area contributed by atoms with E-state index in [0.29, 0.717) is 0 Å². The first-order valence-corrected chi connectivity index (χ1v) is 7.78. The largest absolute Gasteiger partial charge is 0.378 e. The van der Waals surface area contributed by atoms with E-state index in [9.17, 15) is 0 Å². The zero-order valence-corrected chi connectivity index (χ0v) is 13.1. The molecule has 22 heavy (non-hydrogen) atoms. The fourth-order valence-electron chi connectivity index (χ4n) is 2.29. The predicted molar refractivity (Wildman–Crippen MR) is 94.8 cm³/mol. The molecule has 0 bridgehead atoms. The number of morpholine rings is 1. The summed E-state index contributed by atoms with van der Waals surface area (Å²) in [6.45, 7) is 3.17. The third-order valence-corrected chi connectivity index (χ3v) is 3.86. The number of para-hydroxylation sites is 1. The summed E-state index contributed by atoms with van der Waals surface area (Å²) in [5.41, 5.74) is 3.12. The maximum absolute atomic E-state index is 5.44. The van der Waals surface area contributed by atoms with Gasteiger partial charge in [0.25, 0.3) is 0 Å². The first kappa shape index (κ1) is 14.8. The highest BCUT2D eigenvalue weighted by molar-refractivity contribution is 7.80. The summed E-state index contributed by atoms with van der Waals surface area (Å²) in [5, 5.41) is 7.39. The molecule has 0 amide bonds. The SMILES string of the molecule is S=C(Nc1ccc(Nc2ccccc2)cc1)N1CCOCC1. The van der Waals surface area contributed by atoms with Crippen LogP contribution in [0.5, 0.6) is 0 Å². The Hall–Kier alpha value is -2.11. The van der Waals surface area contributed by atoms with Gasteiger partial charge in [-0.05, 0) is 48.6 Å². The number of ether oxygens (including phenoxy) is 1. The molecule has 3 rings (SSSR count). The van der Waals surface area contributed by atoms with E-state index in [0.717, 1.165) is 48.5 Å². The molecule has 0 radical (unpaired) electrons. The van der Waals surface area contributed by atoms with Crippen LogP contribution in [-0.4, -0.2) is 36.3 Å². The van der Waals surface area contributed by atoms with Gasteiger partial charge in [0.05, 0.1) is 13.2 Å². The molecule has 2 aromatic rings. The maximum atomic E-state index is 5.44. The van der Waals surface area contributed by atoms with Crippen LogP contribution in [0.25, 0.3) is 0 Å². The van der Waals surface area contributed by atoms with E-state index in [2.05, 4.69) is 15.5 Å². The minimum absolute atomic E-state index is 0.738. The summed E-state index contributed by atoms with van der Waals surface area (Å²) in [6, 6.07) is 18.2. The van der Waals surface area contributed by atoms with Gasteiger partial charge in [-0.15, -0.1) is 0 Å². The van der Waals surface area contributed by atoms with Gasteiger partial charge in [-0.2, -0.15) is 0 Å². The van der Waals surface area contributed by atoms with Gasteiger partial charge in [0, 0.05) is 30.2 Å². The van der Waals surface area contributed by atoms with Crippen molar-refractivity contribution in [3.8, 4) is 0 Å². The summed E-state index contributed by atoms with van der Waals surface area (Å²) in [5.74, 6) is 0. The lowest BCUT2D eigenvalue weighted by Gasteiger charge is -2.29. The number of anilines is 3. The number of hydrogen-bond donors (Lipinski definition) is 2. The van der Waals surface area contributed by atoms with Gasteiger partial charge < -0.3 is 20.3 Å². The van der Waals surface area contributed by atoms with Crippen LogP contribution in [-0.2, 0) is 4.74 Å². The maximum Gasteiger partial charge on any atom is 0.173 e. The molecule has 1 aliphatic heterocycles. The Morgan fingerprint density at radius 2 is 1.45 bits per heavy atom. The van der Waals surface area contributed by atoms with E-state index in [1.165, 1.54) is 0 Å². The molecule has 0 saturated carbocycles. The van der Waals surface area contributed by atoms with Crippen molar-refractivity contribution in [1.29, 1.82) is 0 Å². The summed E-state index contributed by atoms with van der Waals surface area (Å²) < 4.78 is 5.34. The van der Waals surface area contributed by atoms with Gasteiger partial charge in [0.1, 0.15) is 0 Å². The first-order chi connectivity index (χ1) is 10.8. The smallest absolute Gasteiger partial charge is 0.173 e. The third kappa shape index (κ3) is 3.96. The quantitative estimate of drug-likeness (QED) is 0.849. The van der Waals surface area contributed by atoms with Crippen LogP contribution in [0.4, 0.5) is 17.1 Å². The molecule has 1 saturated heterocycles. The minimum Gasteiger partial charge on any atom is -0.378 e. The lowest BCUT2D eigenvalue weighted by molar-refractivity contribution is 0.0690. The molecule has 0 aromatic heterocycles. The number of nitrogens with zero attached hydrogens (tertiary/aromatic N) is 1. The molecular formula is C17H19N3OS. The zero-order chi connectivity index (χ0) is 15.2. The van der Waals surface area contributed by atoms with Crippen LogP contribution >= 0.6 is 12.2 Å². The van der Waals surface area contributed by atoms with Crippen LogP contribution < -0.4 is 10.6 Å². The van der Waals surface area contributed by atoms with E-state index >= 15 is 0 Å². The van der Waals surface area contributed by atoms with Crippen molar-refractivity contribution in [3.05, 3.63) is 54.6 Å². The van der Waals surface area contributed by atoms with Gasteiger partial charge in [-0.1, -0.05) is 18.2 Å². The highest BCUT2D eigenvalue weighted by Crippen LogP contribution is 2.19. The molecule has 1 aliphatic rings. The Labute approximate surface area is 136 Å².